The number of amides is 1. The number of carbonyl (C=O) groups excluding carboxylic acids is 1. The number of anilines is 1. The van der Waals surface area contributed by atoms with Crippen LogP contribution in [0.4, 0.5) is 10.1 Å². The zero-order valence-corrected chi connectivity index (χ0v) is 11.6. The Labute approximate surface area is 117 Å². The van der Waals surface area contributed by atoms with Crippen molar-refractivity contribution in [2.75, 3.05) is 45.1 Å². The Morgan fingerprint density at radius 3 is 2.74 bits per heavy atom. The summed E-state index contributed by atoms with van der Waals surface area (Å²) >= 11 is 5.77. The number of rotatable bonds is 3. The lowest BCUT2D eigenvalue weighted by atomic mass is 10.3. The summed E-state index contributed by atoms with van der Waals surface area (Å²) in [5.41, 5.74) is 0.131. The molecule has 1 aromatic carbocycles. The maximum atomic E-state index is 13.5. The standard InChI is InChI=1S/C13H17ClFN3O/c1-17-4-6-18(7-5-17)9-13(19)16-12-8-10(14)2-3-11(12)15/h2-3,8H,4-7,9H2,1H3,(H,16,19). The van der Waals surface area contributed by atoms with E-state index in [4.69, 9.17) is 11.6 Å². The summed E-state index contributed by atoms with van der Waals surface area (Å²) in [5, 5.41) is 2.96. The number of hydrogen-bond donors (Lipinski definition) is 1. The summed E-state index contributed by atoms with van der Waals surface area (Å²) < 4.78 is 13.5. The van der Waals surface area contributed by atoms with Gasteiger partial charge in [-0.25, -0.2) is 4.39 Å². The van der Waals surface area contributed by atoms with E-state index in [9.17, 15) is 9.18 Å². The molecule has 1 saturated heterocycles. The van der Waals surface area contributed by atoms with Gasteiger partial charge in [0.2, 0.25) is 5.91 Å². The number of piperazine rings is 1. The smallest absolute Gasteiger partial charge is 0.238 e. The summed E-state index contributed by atoms with van der Waals surface area (Å²) in [5.74, 6) is -0.693. The molecule has 19 heavy (non-hydrogen) atoms. The third-order valence-electron chi connectivity index (χ3n) is 3.17. The Kier molecular flexibility index (Phi) is 4.74. The highest BCUT2D eigenvalue weighted by atomic mass is 35.5. The Balaban J connectivity index is 1.89. The number of benzene rings is 1. The van der Waals surface area contributed by atoms with Crippen molar-refractivity contribution in [3.05, 3.63) is 29.0 Å². The summed E-state index contributed by atoms with van der Waals surface area (Å²) in [6.45, 7) is 3.86. The number of halogens is 2. The van der Waals surface area contributed by atoms with Crippen LogP contribution in [0.3, 0.4) is 0 Å². The zero-order valence-electron chi connectivity index (χ0n) is 10.8. The molecule has 0 radical (unpaired) electrons. The monoisotopic (exact) mass is 285 g/mol. The molecule has 2 rings (SSSR count). The second kappa shape index (κ2) is 6.32. The van der Waals surface area contributed by atoms with Crippen molar-refractivity contribution < 1.29 is 9.18 Å². The van der Waals surface area contributed by atoms with Crippen LogP contribution in [0.5, 0.6) is 0 Å². The van der Waals surface area contributed by atoms with Crippen molar-refractivity contribution in [3.8, 4) is 0 Å². The van der Waals surface area contributed by atoms with Crippen LogP contribution in [0.2, 0.25) is 5.02 Å². The van der Waals surface area contributed by atoms with Gasteiger partial charge in [0.05, 0.1) is 12.2 Å². The van der Waals surface area contributed by atoms with Crippen molar-refractivity contribution in [3.63, 3.8) is 0 Å². The molecule has 1 amide bonds. The van der Waals surface area contributed by atoms with Gasteiger partial charge in [0, 0.05) is 31.2 Å². The van der Waals surface area contributed by atoms with Crippen molar-refractivity contribution in [1.29, 1.82) is 0 Å². The van der Waals surface area contributed by atoms with E-state index >= 15 is 0 Å². The van der Waals surface area contributed by atoms with Gasteiger partial charge in [-0.3, -0.25) is 9.69 Å². The molecule has 104 valence electrons. The van der Waals surface area contributed by atoms with Crippen LogP contribution in [-0.4, -0.2) is 55.5 Å². The predicted octanol–water partition coefficient (Wildman–Crippen LogP) is 1.66. The predicted molar refractivity (Wildman–Crippen MR) is 74.0 cm³/mol. The molecular weight excluding hydrogens is 269 g/mol. The van der Waals surface area contributed by atoms with E-state index in [0.29, 0.717) is 5.02 Å². The Hall–Kier alpha value is -1.17. The summed E-state index contributed by atoms with van der Waals surface area (Å²) in [6, 6.07) is 4.11. The molecule has 0 spiro atoms. The van der Waals surface area contributed by atoms with Crippen LogP contribution in [0.25, 0.3) is 0 Å². The molecule has 0 aliphatic carbocycles. The van der Waals surface area contributed by atoms with Crippen LogP contribution in [0.1, 0.15) is 0 Å². The van der Waals surface area contributed by atoms with E-state index in [2.05, 4.69) is 22.2 Å². The molecule has 0 aromatic heterocycles. The lowest BCUT2D eigenvalue weighted by Crippen LogP contribution is -2.47. The summed E-state index contributed by atoms with van der Waals surface area (Å²) in [6.07, 6.45) is 0. The van der Waals surface area contributed by atoms with Gasteiger partial charge < -0.3 is 10.2 Å². The number of nitrogens with zero attached hydrogens (tertiary/aromatic N) is 2. The van der Waals surface area contributed by atoms with Gasteiger partial charge in [-0.15, -0.1) is 0 Å². The van der Waals surface area contributed by atoms with Gasteiger partial charge in [0.15, 0.2) is 0 Å². The Morgan fingerprint density at radius 1 is 1.37 bits per heavy atom. The van der Waals surface area contributed by atoms with Gasteiger partial charge in [0.1, 0.15) is 5.82 Å². The minimum Gasteiger partial charge on any atom is -0.322 e. The van der Waals surface area contributed by atoms with E-state index in [0.717, 1.165) is 26.2 Å². The van der Waals surface area contributed by atoms with Crippen LogP contribution in [0, 0.1) is 5.82 Å². The highest BCUT2D eigenvalue weighted by Crippen LogP contribution is 2.19. The largest absolute Gasteiger partial charge is 0.322 e. The molecule has 0 bridgehead atoms. The molecular formula is C13H17ClFN3O. The Morgan fingerprint density at radius 2 is 2.05 bits per heavy atom. The van der Waals surface area contributed by atoms with E-state index < -0.39 is 5.82 Å². The van der Waals surface area contributed by atoms with Gasteiger partial charge in [-0.2, -0.15) is 0 Å². The van der Waals surface area contributed by atoms with Crippen LogP contribution < -0.4 is 5.32 Å². The first-order chi connectivity index (χ1) is 9.04. The van der Waals surface area contributed by atoms with Gasteiger partial charge in [0.25, 0.3) is 0 Å². The molecule has 0 unspecified atom stereocenters. The van der Waals surface area contributed by atoms with Crippen LogP contribution >= 0.6 is 11.6 Å². The molecule has 1 fully saturated rings. The van der Waals surface area contributed by atoms with Crippen LogP contribution in [0.15, 0.2) is 18.2 Å². The molecule has 4 nitrogen and oxygen atoms in total. The lowest BCUT2D eigenvalue weighted by Gasteiger charge is -2.31. The maximum absolute atomic E-state index is 13.5. The molecule has 1 N–H and O–H groups in total. The first-order valence-electron chi connectivity index (χ1n) is 6.20. The van der Waals surface area contributed by atoms with Crippen molar-refractivity contribution in [1.82, 2.24) is 9.80 Å². The average molecular weight is 286 g/mol. The van der Waals surface area contributed by atoms with Crippen molar-refractivity contribution in [2.45, 2.75) is 0 Å². The molecule has 0 atom stereocenters. The molecule has 6 heteroatoms. The van der Waals surface area contributed by atoms with Gasteiger partial charge in [-0.05, 0) is 25.2 Å². The normalized spacial score (nSPS) is 17.4. The highest BCUT2D eigenvalue weighted by molar-refractivity contribution is 6.30. The zero-order chi connectivity index (χ0) is 13.8. The molecule has 1 aliphatic rings. The molecule has 1 aliphatic heterocycles. The number of hydrogen-bond acceptors (Lipinski definition) is 3. The SMILES string of the molecule is CN1CCN(CC(=O)Nc2cc(Cl)ccc2F)CC1. The number of likely N-dealkylation sites (N-methyl/N-ethyl adjacent to an activating group) is 1. The van der Waals surface area contributed by atoms with Gasteiger partial charge in [-0.1, -0.05) is 11.6 Å². The number of carbonyl (C=O) groups is 1. The molecule has 1 heterocycles. The topological polar surface area (TPSA) is 35.6 Å². The minimum absolute atomic E-state index is 0.131. The highest BCUT2D eigenvalue weighted by Gasteiger charge is 2.17. The second-order valence-electron chi connectivity index (χ2n) is 4.75. The first-order valence-corrected chi connectivity index (χ1v) is 6.58. The van der Waals surface area contributed by atoms with E-state index in [1.54, 1.807) is 0 Å². The average Bonchev–Trinajstić information content (AvgIpc) is 2.37. The third kappa shape index (κ3) is 4.16. The fourth-order valence-electron chi connectivity index (χ4n) is 1.99. The van der Waals surface area contributed by atoms with Crippen LogP contribution in [-0.2, 0) is 4.79 Å². The van der Waals surface area contributed by atoms with Gasteiger partial charge >= 0.3 is 0 Å². The third-order valence-corrected chi connectivity index (χ3v) is 3.40. The maximum Gasteiger partial charge on any atom is 0.238 e. The lowest BCUT2D eigenvalue weighted by molar-refractivity contribution is -0.117. The summed E-state index contributed by atoms with van der Waals surface area (Å²) in [7, 11) is 2.05. The minimum atomic E-state index is -0.476. The van der Waals surface area contributed by atoms with Crippen molar-refractivity contribution >= 4 is 23.2 Å². The molecule has 1 aromatic rings. The van der Waals surface area contributed by atoms with E-state index in [1.165, 1.54) is 18.2 Å². The molecule has 0 saturated carbocycles. The first kappa shape index (κ1) is 14.2. The second-order valence-corrected chi connectivity index (χ2v) is 5.19. The van der Waals surface area contributed by atoms with E-state index in [-0.39, 0.29) is 18.1 Å². The van der Waals surface area contributed by atoms with Crippen molar-refractivity contribution in [2.24, 2.45) is 0 Å². The summed E-state index contributed by atoms with van der Waals surface area (Å²) in [4.78, 5) is 16.1. The fraction of sp³-hybridized carbons (Fsp3) is 0.462. The fourth-order valence-corrected chi connectivity index (χ4v) is 2.16. The Bertz CT molecular complexity index is 461. The van der Waals surface area contributed by atoms with E-state index in [1.807, 2.05) is 0 Å². The quantitative estimate of drug-likeness (QED) is 0.918. The number of nitrogens with one attached hydrogen (secondary N) is 1.